The third-order valence-corrected chi connectivity index (χ3v) is 4.56. The lowest BCUT2D eigenvalue weighted by molar-refractivity contribution is -0.384. The van der Waals surface area contributed by atoms with Gasteiger partial charge >= 0.3 is 0 Å². The van der Waals surface area contributed by atoms with E-state index in [1.54, 1.807) is 24.3 Å². The van der Waals surface area contributed by atoms with Crippen molar-refractivity contribution < 1.29 is 9.34 Å². The van der Waals surface area contributed by atoms with Crippen LogP contribution in [0.3, 0.4) is 0 Å². The molecule has 3 aromatic heterocycles. The van der Waals surface area contributed by atoms with E-state index in [0.717, 1.165) is 4.68 Å². The largest absolute Gasteiger partial charge is 0.464 e. The highest BCUT2D eigenvalue weighted by molar-refractivity contribution is 7.17. The minimum absolute atomic E-state index is 0.0483. The first-order valence-electron chi connectivity index (χ1n) is 7.45. The van der Waals surface area contributed by atoms with Crippen molar-refractivity contribution in [3.05, 3.63) is 80.4 Å². The molecule has 26 heavy (non-hydrogen) atoms. The number of nitrogens with zero attached hydrogens (tertiary/aromatic N) is 4. The monoisotopic (exact) mass is 366 g/mol. The average molecular weight is 366 g/mol. The first-order chi connectivity index (χ1) is 12.6. The van der Waals surface area contributed by atoms with Gasteiger partial charge in [0.15, 0.2) is 0 Å². The number of nitro groups is 1. The maximum atomic E-state index is 12.8. The van der Waals surface area contributed by atoms with E-state index in [1.165, 1.54) is 42.3 Å². The first kappa shape index (κ1) is 15.9. The molecule has 3 heterocycles. The van der Waals surface area contributed by atoms with Crippen LogP contribution in [0.4, 0.5) is 5.69 Å². The lowest BCUT2D eigenvalue weighted by Gasteiger charge is -1.99. The van der Waals surface area contributed by atoms with Gasteiger partial charge in [-0.1, -0.05) is 12.1 Å². The topological polar surface area (TPSA) is 104 Å². The number of non-ortho nitro benzene ring substituents is 1. The van der Waals surface area contributed by atoms with E-state index in [9.17, 15) is 14.9 Å². The fraction of sp³-hybridized carbons (Fsp3) is 0. The van der Waals surface area contributed by atoms with Crippen molar-refractivity contribution in [2.24, 2.45) is 5.10 Å². The van der Waals surface area contributed by atoms with Crippen molar-refractivity contribution in [3.63, 3.8) is 0 Å². The van der Waals surface area contributed by atoms with Gasteiger partial charge in [-0.15, -0.1) is 11.3 Å². The molecule has 8 nitrogen and oxygen atoms in total. The number of hydrogen-bond acceptors (Lipinski definition) is 7. The second-order valence-electron chi connectivity index (χ2n) is 5.30. The molecule has 0 unspecified atom stereocenters. The van der Waals surface area contributed by atoms with Crippen LogP contribution in [0, 0.1) is 10.1 Å². The molecule has 0 radical (unpaired) electrons. The Balaban J connectivity index is 1.77. The van der Waals surface area contributed by atoms with Crippen LogP contribution in [0.2, 0.25) is 0 Å². The van der Waals surface area contributed by atoms with Crippen molar-refractivity contribution in [1.82, 2.24) is 9.66 Å². The third-order valence-electron chi connectivity index (χ3n) is 3.68. The summed E-state index contributed by atoms with van der Waals surface area (Å²) in [4.78, 5) is 28.0. The molecule has 0 saturated carbocycles. The van der Waals surface area contributed by atoms with E-state index in [2.05, 4.69) is 10.1 Å². The highest BCUT2D eigenvalue weighted by Gasteiger charge is 2.14. The summed E-state index contributed by atoms with van der Waals surface area (Å²) in [6.45, 7) is 0. The zero-order valence-electron chi connectivity index (χ0n) is 13.1. The molecule has 0 bridgehead atoms. The molecule has 4 aromatic rings. The van der Waals surface area contributed by atoms with Crippen molar-refractivity contribution in [2.45, 2.75) is 0 Å². The Morgan fingerprint density at radius 3 is 2.96 bits per heavy atom. The van der Waals surface area contributed by atoms with Gasteiger partial charge in [0.2, 0.25) is 0 Å². The summed E-state index contributed by atoms with van der Waals surface area (Å²) >= 11 is 1.34. The number of benzene rings is 1. The van der Waals surface area contributed by atoms with E-state index < -0.39 is 4.92 Å². The molecule has 9 heteroatoms. The number of nitro benzene ring substituents is 1. The van der Waals surface area contributed by atoms with Gasteiger partial charge in [-0.3, -0.25) is 14.9 Å². The standard InChI is InChI=1S/C17H10N4O4S/c22-17-15-13(14-5-2-6-25-14)9-26-16(15)18-10-20(17)19-8-11-3-1-4-12(7-11)21(23)24/h1-10H/b19-8-. The summed E-state index contributed by atoms with van der Waals surface area (Å²) in [5, 5.41) is 17.2. The Bertz CT molecular complexity index is 1190. The molecule has 0 aliphatic heterocycles. The summed E-state index contributed by atoms with van der Waals surface area (Å²) in [7, 11) is 0. The van der Waals surface area contributed by atoms with Gasteiger partial charge < -0.3 is 4.42 Å². The fourth-order valence-corrected chi connectivity index (χ4v) is 3.35. The van der Waals surface area contributed by atoms with Gasteiger partial charge in [-0.05, 0) is 12.1 Å². The van der Waals surface area contributed by atoms with Crippen LogP contribution in [0.25, 0.3) is 21.5 Å². The van der Waals surface area contributed by atoms with Crippen LogP contribution in [-0.4, -0.2) is 20.8 Å². The summed E-state index contributed by atoms with van der Waals surface area (Å²) in [5.41, 5.74) is 0.771. The molecule has 0 aliphatic rings. The van der Waals surface area contributed by atoms with E-state index in [1.807, 2.05) is 5.38 Å². The minimum atomic E-state index is -0.488. The van der Waals surface area contributed by atoms with Gasteiger partial charge in [0, 0.05) is 28.6 Å². The zero-order chi connectivity index (χ0) is 18.1. The Morgan fingerprint density at radius 2 is 2.19 bits per heavy atom. The smallest absolute Gasteiger partial charge is 0.283 e. The van der Waals surface area contributed by atoms with Crippen LogP contribution in [0.5, 0.6) is 0 Å². The lowest BCUT2D eigenvalue weighted by atomic mass is 10.2. The molecule has 0 atom stereocenters. The number of aromatic nitrogens is 2. The van der Waals surface area contributed by atoms with Gasteiger partial charge in [0.05, 0.1) is 22.8 Å². The third kappa shape index (κ3) is 2.80. The molecule has 0 fully saturated rings. The number of hydrogen-bond donors (Lipinski definition) is 0. The maximum absolute atomic E-state index is 12.8. The summed E-state index contributed by atoms with van der Waals surface area (Å²) < 4.78 is 6.47. The SMILES string of the molecule is O=c1c2c(-c3ccco3)csc2ncn1/N=C\c1cccc([N+](=O)[O-])c1. The van der Waals surface area contributed by atoms with Crippen molar-refractivity contribution in [2.75, 3.05) is 0 Å². The normalized spacial score (nSPS) is 11.4. The number of fused-ring (bicyclic) bond motifs is 1. The lowest BCUT2D eigenvalue weighted by Crippen LogP contribution is -2.16. The molecule has 1 aromatic carbocycles. The minimum Gasteiger partial charge on any atom is -0.464 e. The first-order valence-corrected chi connectivity index (χ1v) is 8.33. The average Bonchev–Trinajstić information content (AvgIpc) is 3.31. The number of furan rings is 1. The molecule has 0 aliphatic carbocycles. The highest BCUT2D eigenvalue weighted by Crippen LogP contribution is 2.30. The van der Waals surface area contributed by atoms with E-state index in [-0.39, 0.29) is 11.2 Å². The molecule has 0 amide bonds. The van der Waals surface area contributed by atoms with Crippen molar-refractivity contribution in [3.8, 4) is 11.3 Å². The number of thiophene rings is 1. The van der Waals surface area contributed by atoms with Gasteiger partial charge in [-0.25, -0.2) is 4.98 Å². The predicted molar refractivity (Wildman–Crippen MR) is 97.7 cm³/mol. The van der Waals surface area contributed by atoms with E-state index >= 15 is 0 Å². The van der Waals surface area contributed by atoms with Crippen LogP contribution in [0.15, 0.2) is 68.7 Å². The maximum Gasteiger partial charge on any atom is 0.283 e. The van der Waals surface area contributed by atoms with Crippen LogP contribution >= 0.6 is 11.3 Å². The molecule has 0 saturated heterocycles. The van der Waals surface area contributed by atoms with Gasteiger partial charge in [-0.2, -0.15) is 9.78 Å². The Labute approximate surface area is 149 Å². The second-order valence-corrected chi connectivity index (χ2v) is 6.16. The number of rotatable bonds is 4. The van der Waals surface area contributed by atoms with Gasteiger partial charge in [0.25, 0.3) is 11.2 Å². The second kappa shape index (κ2) is 6.37. The van der Waals surface area contributed by atoms with Crippen molar-refractivity contribution in [1.29, 1.82) is 0 Å². The van der Waals surface area contributed by atoms with E-state index in [4.69, 9.17) is 4.42 Å². The quantitative estimate of drug-likeness (QED) is 0.312. The zero-order valence-corrected chi connectivity index (χ0v) is 13.9. The molecular weight excluding hydrogens is 356 g/mol. The summed E-state index contributed by atoms with van der Waals surface area (Å²) in [6.07, 6.45) is 4.23. The molecule has 0 spiro atoms. The summed E-state index contributed by atoms with van der Waals surface area (Å²) in [5.74, 6) is 0.579. The molecular formula is C17H10N4O4S. The van der Waals surface area contributed by atoms with E-state index in [0.29, 0.717) is 27.1 Å². The van der Waals surface area contributed by atoms with Crippen LogP contribution < -0.4 is 5.56 Å². The fourth-order valence-electron chi connectivity index (χ4n) is 2.47. The van der Waals surface area contributed by atoms with Crippen LogP contribution in [0.1, 0.15) is 5.56 Å². The Kier molecular flexibility index (Phi) is 3.90. The molecule has 128 valence electrons. The van der Waals surface area contributed by atoms with Crippen molar-refractivity contribution >= 4 is 33.5 Å². The highest BCUT2D eigenvalue weighted by atomic mass is 32.1. The Hall–Kier alpha value is -3.59. The van der Waals surface area contributed by atoms with Gasteiger partial charge in [0.1, 0.15) is 16.9 Å². The predicted octanol–water partition coefficient (Wildman–Crippen LogP) is 3.51. The Morgan fingerprint density at radius 1 is 1.31 bits per heavy atom. The summed E-state index contributed by atoms with van der Waals surface area (Å²) in [6, 6.07) is 9.49. The van der Waals surface area contributed by atoms with Crippen LogP contribution in [-0.2, 0) is 0 Å². The molecule has 0 N–H and O–H groups in total. The molecule has 4 rings (SSSR count).